The van der Waals surface area contributed by atoms with Gasteiger partial charge in [0.1, 0.15) is 5.00 Å². The Labute approximate surface area is 153 Å². The number of thiophene rings is 1. The molecule has 3 heterocycles. The summed E-state index contributed by atoms with van der Waals surface area (Å²) in [6, 6.07) is 6.99. The molecular formula is C17H17ClN4O2S. The number of carbonyl (C=O) groups is 2. The van der Waals surface area contributed by atoms with Gasteiger partial charge in [0, 0.05) is 27.7 Å². The van der Waals surface area contributed by atoms with E-state index in [0.29, 0.717) is 27.3 Å². The van der Waals surface area contributed by atoms with Gasteiger partial charge >= 0.3 is 6.03 Å². The Bertz CT molecular complexity index is 849. The van der Waals surface area contributed by atoms with E-state index in [1.807, 2.05) is 0 Å². The van der Waals surface area contributed by atoms with Crippen molar-refractivity contribution in [1.82, 2.24) is 5.32 Å². The van der Waals surface area contributed by atoms with Crippen LogP contribution in [0.3, 0.4) is 0 Å². The van der Waals surface area contributed by atoms with Gasteiger partial charge in [0.05, 0.1) is 5.56 Å². The Kier molecular flexibility index (Phi) is 4.15. The van der Waals surface area contributed by atoms with E-state index in [1.54, 1.807) is 24.3 Å². The summed E-state index contributed by atoms with van der Waals surface area (Å²) >= 11 is 7.28. The Balaban J connectivity index is 1.58. The fraction of sp³-hybridized carbons (Fsp3) is 0.294. The number of benzene rings is 1. The molecule has 2 atom stereocenters. The number of carbonyl (C=O) groups excluding carboxylic acids is 2. The number of nitrogens with one attached hydrogen (secondary N) is 3. The van der Waals surface area contributed by atoms with E-state index < -0.39 is 11.9 Å². The summed E-state index contributed by atoms with van der Waals surface area (Å²) in [6.07, 6.45) is 2.96. The fourth-order valence-corrected chi connectivity index (χ4v) is 5.04. The molecule has 4 rings (SSSR count). The average Bonchev–Trinajstić information content (AvgIpc) is 3.11. The summed E-state index contributed by atoms with van der Waals surface area (Å²) in [5.41, 5.74) is 7.63. The number of nitrogens with two attached hydrogens (primary N) is 1. The fourth-order valence-electron chi connectivity index (χ4n) is 3.57. The molecule has 130 valence electrons. The van der Waals surface area contributed by atoms with Gasteiger partial charge in [0.15, 0.2) is 0 Å². The number of primary amides is 1. The molecular weight excluding hydrogens is 360 g/mol. The first-order valence-corrected chi connectivity index (χ1v) is 9.25. The molecule has 1 unspecified atom stereocenters. The highest BCUT2D eigenvalue weighted by Crippen LogP contribution is 2.45. The van der Waals surface area contributed by atoms with Crippen molar-refractivity contribution >= 4 is 45.6 Å². The highest BCUT2D eigenvalue weighted by Gasteiger charge is 2.38. The van der Waals surface area contributed by atoms with Crippen LogP contribution in [0, 0.1) is 0 Å². The minimum absolute atomic E-state index is 0.155. The minimum Gasteiger partial charge on any atom is -0.365 e. The molecule has 3 amide bonds. The number of hydrogen-bond acceptors (Lipinski definition) is 4. The maximum absolute atomic E-state index is 12.3. The van der Waals surface area contributed by atoms with Crippen molar-refractivity contribution in [2.24, 2.45) is 5.73 Å². The molecule has 2 aliphatic heterocycles. The summed E-state index contributed by atoms with van der Waals surface area (Å²) < 4.78 is 0. The van der Waals surface area contributed by atoms with Gasteiger partial charge in [-0.15, -0.1) is 11.3 Å². The summed E-state index contributed by atoms with van der Waals surface area (Å²) in [5.74, 6) is -0.508. The molecule has 1 aromatic heterocycles. The maximum Gasteiger partial charge on any atom is 0.324 e. The third-order valence-corrected chi connectivity index (χ3v) is 6.01. The molecule has 0 spiro atoms. The van der Waals surface area contributed by atoms with Gasteiger partial charge < -0.3 is 16.4 Å². The lowest BCUT2D eigenvalue weighted by molar-refractivity contribution is 0.1000. The molecule has 1 saturated heterocycles. The van der Waals surface area contributed by atoms with Crippen LogP contribution >= 0.6 is 22.9 Å². The third-order valence-electron chi connectivity index (χ3n) is 4.62. The van der Waals surface area contributed by atoms with Gasteiger partial charge in [0.25, 0.3) is 5.91 Å². The number of amides is 3. The topological polar surface area (TPSA) is 96.2 Å². The Morgan fingerprint density at radius 1 is 1.20 bits per heavy atom. The van der Waals surface area contributed by atoms with E-state index >= 15 is 0 Å². The third kappa shape index (κ3) is 3.10. The summed E-state index contributed by atoms with van der Waals surface area (Å²) in [7, 11) is 0. The molecule has 25 heavy (non-hydrogen) atoms. The van der Waals surface area contributed by atoms with Crippen LogP contribution in [0.5, 0.6) is 0 Å². The van der Waals surface area contributed by atoms with Crippen LogP contribution in [0.4, 0.5) is 15.5 Å². The summed E-state index contributed by atoms with van der Waals surface area (Å²) in [5, 5.41) is 10.1. The molecule has 0 radical (unpaired) electrons. The van der Waals surface area contributed by atoms with E-state index in [1.165, 1.54) is 11.3 Å². The lowest BCUT2D eigenvalue weighted by Gasteiger charge is -2.22. The van der Waals surface area contributed by atoms with Gasteiger partial charge in [-0.1, -0.05) is 11.6 Å². The van der Waals surface area contributed by atoms with Crippen molar-refractivity contribution in [3.8, 4) is 0 Å². The Hall–Kier alpha value is -2.09. The predicted octanol–water partition coefficient (Wildman–Crippen LogP) is 3.49. The van der Waals surface area contributed by atoms with Gasteiger partial charge in [-0.2, -0.15) is 0 Å². The zero-order valence-electron chi connectivity index (χ0n) is 13.3. The Morgan fingerprint density at radius 3 is 2.68 bits per heavy atom. The number of anilines is 2. The Morgan fingerprint density at radius 2 is 1.96 bits per heavy atom. The number of fused-ring (bicyclic) bond motifs is 4. The summed E-state index contributed by atoms with van der Waals surface area (Å²) in [6.45, 7) is 0. The van der Waals surface area contributed by atoms with Crippen LogP contribution in [-0.2, 0) is 6.42 Å². The zero-order valence-corrected chi connectivity index (χ0v) is 14.8. The van der Waals surface area contributed by atoms with Crippen molar-refractivity contribution in [1.29, 1.82) is 0 Å². The number of rotatable bonds is 3. The lowest BCUT2D eigenvalue weighted by Crippen LogP contribution is -2.32. The lowest BCUT2D eigenvalue weighted by atomic mass is 9.98. The predicted molar refractivity (Wildman–Crippen MR) is 99.5 cm³/mol. The van der Waals surface area contributed by atoms with Gasteiger partial charge in [-0.3, -0.25) is 10.1 Å². The number of urea groups is 1. The van der Waals surface area contributed by atoms with E-state index in [9.17, 15) is 9.59 Å². The molecule has 2 aliphatic rings. The zero-order chi connectivity index (χ0) is 17.6. The molecule has 1 fully saturated rings. The van der Waals surface area contributed by atoms with Gasteiger partial charge in [-0.05, 0) is 49.1 Å². The summed E-state index contributed by atoms with van der Waals surface area (Å²) in [4.78, 5) is 25.5. The average molecular weight is 377 g/mol. The van der Waals surface area contributed by atoms with Crippen LogP contribution in [0.1, 0.15) is 39.7 Å². The SMILES string of the molecule is NC(=O)c1c(NC(=O)Nc2ccc(Cl)cc2)sc2c1[C@H]1CCC(C2)N1. The molecule has 5 N–H and O–H groups in total. The first-order chi connectivity index (χ1) is 12.0. The van der Waals surface area contributed by atoms with Crippen LogP contribution in [0.2, 0.25) is 5.02 Å². The number of hydrogen-bond donors (Lipinski definition) is 4. The highest BCUT2D eigenvalue weighted by molar-refractivity contribution is 7.17. The normalized spacial score (nSPS) is 20.8. The van der Waals surface area contributed by atoms with Crippen molar-refractivity contribution in [3.05, 3.63) is 45.3 Å². The van der Waals surface area contributed by atoms with E-state index in [0.717, 1.165) is 29.7 Å². The van der Waals surface area contributed by atoms with Crippen LogP contribution in [0.25, 0.3) is 0 Å². The van der Waals surface area contributed by atoms with Crippen molar-refractivity contribution in [2.45, 2.75) is 31.3 Å². The highest BCUT2D eigenvalue weighted by atomic mass is 35.5. The number of halogens is 1. The molecule has 6 nitrogen and oxygen atoms in total. The molecule has 8 heteroatoms. The first-order valence-electron chi connectivity index (χ1n) is 8.06. The molecule has 0 aliphatic carbocycles. The molecule has 1 aromatic carbocycles. The molecule has 0 saturated carbocycles. The second-order valence-electron chi connectivity index (χ2n) is 6.29. The van der Waals surface area contributed by atoms with Crippen molar-refractivity contribution in [3.63, 3.8) is 0 Å². The second kappa shape index (κ2) is 6.33. The van der Waals surface area contributed by atoms with Crippen LogP contribution in [-0.4, -0.2) is 18.0 Å². The second-order valence-corrected chi connectivity index (χ2v) is 7.83. The van der Waals surface area contributed by atoms with E-state index in [4.69, 9.17) is 17.3 Å². The smallest absolute Gasteiger partial charge is 0.324 e. The molecule has 2 bridgehead atoms. The van der Waals surface area contributed by atoms with Gasteiger partial charge in [-0.25, -0.2) is 4.79 Å². The quantitative estimate of drug-likeness (QED) is 0.660. The van der Waals surface area contributed by atoms with Crippen LogP contribution < -0.4 is 21.7 Å². The largest absolute Gasteiger partial charge is 0.365 e. The van der Waals surface area contributed by atoms with Crippen molar-refractivity contribution < 1.29 is 9.59 Å². The van der Waals surface area contributed by atoms with Crippen LogP contribution in [0.15, 0.2) is 24.3 Å². The maximum atomic E-state index is 12.3. The minimum atomic E-state index is -0.508. The van der Waals surface area contributed by atoms with Crippen molar-refractivity contribution in [2.75, 3.05) is 10.6 Å². The van der Waals surface area contributed by atoms with Gasteiger partial charge in [0.2, 0.25) is 0 Å². The monoisotopic (exact) mass is 376 g/mol. The van der Waals surface area contributed by atoms with E-state index in [2.05, 4.69) is 16.0 Å². The van der Waals surface area contributed by atoms with E-state index in [-0.39, 0.29) is 6.04 Å². The first kappa shape index (κ1) is 16.4. The molecule has 2 aromatic rings. The standard InChI is InChI=1S/C17H17ClN4O2S/c18-8-1-3-9(4-2-8)21-17(24)22-16-14(15(19)23)13-11-6-5-10(20-11)7-12(13)25-16/h1-4,10-11,20H,5-7H2,(H2,19,23)(H2,21,22,24)/t10?,11-/m1/s1.